The van der Waals surface area contributed by atoms with Crippen LogP contribution < -0.4 is 4.74 Å². The van der Waals surface area contributed by atoms with Crippen molar-refractivity contribution in [1.82, 2.24) is 4.90 Å². The summed E-state index contributed by atoms with van der Waals surface area (Å²) in [7, 11) is 1.57. The van der Waals surface area contributed by atoms with Crippen LogP contribution in [-0.2, 0) is 16.1 Å². The van der Waals surface area contributed by atoms with Gasteiger partial charge in [-0.2, -0.15) is 0 Å². The lowest BCUT2D eigenvalue weighted by molar-refractivity contribution is -0.141. The van der Waals surface area contributed by atoms with Crippen molar-refractivity contribution >= 4 is 12.1 Å². The van der Waals surface area contributed by atoms with Crippen molar-refractivity contribution in [3.05, 3.63) is 65.7 Å². The smallest absolute Gasteiger partial charge is 0.410 e. The normalized spacial score (nSPS) is 19.2. The first-order valence-electron chi connectivity index (χ1n) is 8.41. The highest BCUT2D eigenvalue weighted by Crippen LogP contribution is 2.34. The quantitative estimate of drug-likeness (QED) is 0.892. The van der Waals surface area contributed by atoms with E-state index in [1.807, 2.05) is 48.5 Å². The Kier molecular flexibility index (Phi) is 5.41. The number of hydrogen-bond acceptors (Lipinski definition) is 4. The molecule has 1 saturated heterocycles. The fraction of sp³-hybridized carbons (Fsp3) is 0.300. The predicted octanol–water partition coefficient (Wildman–Crippen LogP) is 3.13. The molecule has 1 amide bonds. The number of carboxylic acid groups (broad SMARTS) is 1. The van der Waals surface area contributed by atoms with E-state index in [2.05, 4.69) is 0 Å². The Bertz CT molecular complexity index is 777. The standard InChI is InChI=1S/C20H21NO5/c1-25-16-9-5-8-15(10-16)17-11-21(12-18(17)19(22)23)20(24)26-13-14-6-3-2-4-7-14/h2-10,17-18H,11-13H2,1H3,(H,22,23)/t17-,18+/m0/s1. The van der Waals surface area contributed by atoms with Crippen LogP contribution >= 0.6 is 0 Å². The molecule has 136 valence electrons. The molecule has 3 rings (SSSR count). The van der Waals surface area contributed by atoms with Gasteiger partial charge < -0.3 is 19.5 Å². The number of methoxy groups -OCH3 is 1. The first-order chi connectivity index (χ1) is 12.6. The largest absolute Gasteiger partial charge is 0.497 e. The lowest BCUT2D eigenvalue weighted by atomic mass is 9.89. The molecule has 0 bridgehead atoms. The molecule has 1 aliphatic rings. The predicted molar refractivity (Wildman–Crippen MR) is 95.1 cm³/mol. The molecule has 26 heavy (non-hydrogen) atoms. The fourth-order valence-corrected chi connectivity index (χ4v) is 3.22. The Balaban J connectivity index is 1.70. The van der Waals surface area contributed by atoms with Crippen molar-refractivity contribution in [1.29, 1.82) is 0 Å². The van der Waals surface area contributed by atoms with Gasteiger partial charge in [0.1, 0.15) is 12.4 Å². The number of amides is 1. The van der Waals surface area contributed by atoms with E-state index < -0.39 is 18.0 Å². The average molecular weight is 355 g/mol. The van der Waals surface area contributed by atoms with E-state index in [1.165, 1.54) is 4.90 Å². The Hall–Kier alpha value is -3.02. The van der Waals surface area contributed by atoms with E-state index in [0.717, 1.165) is 11.1 Å². The Labute approximate surface area is 152 Å². The topological polar surface area (TPSA) is 76.1 Å². The third kappa shape index (κ3) is 3.96. The number of benzene rings is 2. The van der Waals surface area contributed by atoms with Gasteiger partial charge in [0.25, 0.3) is 0 Å². The van der Waals surface area contributed by atoms with Crippen LogP contribution in [0.3, 0.4) is 0 Å². The van der Waals surface area contributed by atoms with Crippen molar-refractivity contribution in [3.8, 4) is 5.75 Å². The molecule has 1 fully saturated rings. The number of aliphatic carboxylic acids is 1. The first-order valence-corrected chi connectivity index (χ1v) is 8.41. The van der Waals surface area contributed by atoms with Crippen molar-refractivity contribution in [2.24, 2.45) is 5.92 Å². The number of hydrogen-bond donors (Lipinski definition) is 1. The number of carboxylic acids is 1. The molecular formula is C20H21NO5. The van der Waals surface area contributed by atoms with Crippen molar-refractivity contribution in [2.45, 2.75) is 12.5 Å². The summed E-state index contributed by atoms with van der Waals surface area (Å²) in [5, 5.41) is 9.57. The second-order valence-corrected chi connectivity index (χ2v) is 6.27. The second kappa shape index (κ2) is 7.91. The molecule has 1 aliphatic heterocycles. The molecule has 1 N–H and O–H groups in total. The van der Waals surface area contributed by atoms with Crippen LogP contribution in [0, 0.1) is 5.92 Å². The molecule has 1 heterocycles. The minimum absolute atomic E-state index is 0.130. The summed E-state index contributed by atoms with van der Waals surface area (Å²) < 4.78 is 10.6. The van der Waals surface area contributed by atoms with Crippen LogP contribution in [0.1, 0.15) is 17.0 Å². The first kappa shape index (κ1) is 17.8. The summed E-state index contributed by atoms with van der Waals surface area (Å²) in [5.74, 6) is -1.23. The Morgan fingerprint density at radius 2 is 1.88 bits per heavy atom. The SMILES string of the molecule is COc1cccc([C@@H]2CN(C(=O)OCc3ccccc3)C[C@H]2C(=O)O)c1. The molecule has 0 unspecified atom stereocenters. The van der Waals surface area contributed by atoms with Crippen LogP contribution in [0.5, 0.6) is 5.75 Å². The van der Waals surface area contributed by atoms with Gasteiger partial charge in [-0.05, 0) is 23.3 Å². The maximum atomic E-state index is 12.4. The summed E-state index contributed by atoms with van der Waals surface area (Å²) in [4.78, 5) is 25.5. The molecule has 0 aromatic heterocycles. The number of carbonyl (C=O) groups is 2. The molecule has 2 aromatic carbocycles. The van der Waals surface area contributed by atoms with Gasteiger partial charge >= 0.3 is 12.1 Å². The number of likely N-dealkylation sites (tertiary alicyclic amines) is 1. The highest BCUT2D eigenvalue weighted by Gasteiger charge is 2.41. The summed E-state index contributed by atoms with van der Waals surface area (Å²) in [6.45, 7) is 0.598. The molecule has 2 aromatic rings. The zero-order valence-electron chi connectivity index (χ0n) is 14.5. The molecule has 0 aliphatic carbocycles. The minimum atomic E-state index is -0.920. The van der Waals surface area contributed by atoms with Gasteiger partial charge in [-0.25, -0.2) is 4.79 Å². The second-order valence-electron chi connectivity index (χ2n) is 6.27. The maximum absolute atomic E-state index is 12.4. The minimum Gasteiger partial charge on any atom is -0.497 e. The van der Waals surface area contributed by atoms with E-state index in [1.54, 1.807) is 13.2 Å². The Morgan fingerprint density at radius 1 is 1.12 bits per heavy atom. The summed E-state index contributed by atoms with van der Waals surface area (Å²) in [6, 6.07) is 16.7. The van der Waals surface area contributed by atoms with Gasteiger partial charge in [-0.1, -0.05) is 42.5 Å². The van der Waals surface area contributed by atoms with E-state index in [9.17, 15) is 14.7 Å². The number of carbonyl (C=O) groups excluding carboxylic acids is 1. The number of rotatable bonds is 5. The molecule has 0 radical (unpaired) electrons. The average Bonchev–Trinajstić information content (AvgIpc) is 3.13. The van der Waals surface area contributed by atoms with E-state index in [-0.39, 0.29) is 19.1 Å². The maximum Gasteiger partial charge on any atom is 0.410 e. The van der Waals surface area contributed by atoms with Crippen LogP contribution in [0.4, 0.5) is 4.79 Å². The van der Waals surface area contributed by atoms with Crippen LogP contribution in [0.25, 0.3) is 0 Å². The molecule has 6 nitrogen and oxygen atoms in total. The van der Waals surface area contributed by atoms with Crippen LogP contribution in [-0.4, -0.2) is 42.3 Å². The molecule has 6 heteroatoms. The highest BCUT2D eigenvalue weighted by atomic mass is 16.6. The molecular weight excluding hydrogens is 334 g/mol. The highest BCUT2D eigenvalue weighted by molar-refractivity contribution is 5.75. The summed E-state index contributed by atoms with van der Waals surface area (Å²) in [5.41, 5.74) is 1.73. The van der Waals surface area contributed by atoms with E-state index in [4.69, 9.17) is 9.47 Å². The summed E-state index contributed by atoms with van der Waals surface area (Å²) in [6.07, 6.45) is -0.495. The van der Waals surface area contributed by atoms with Gasteiger partial charge in [0, 0.05) is 19.0 Å². The lowest BCUT2D eigenvalue weighted by Crippen LogP contribution is -2.30. The molecule has 0 spiro atoms. The van der Waals surface area contributed by atoms with Gasteiger partial charge in [-0.3, -0.25) is 4.79 Å². The fourth-order valence-electron chi connectivity index (χ4n) is 3.22. The number of nitrogens with zero attached hydrogens (tertiary/aromatic N) is 1. The molecule has 0 saturated carbocycles. The van der Waals surface area contributed by atoms with Gasteiger partial charge in [0.05, 0.1) is 13.0 Å². The third-order valence-electron chi connectivity index (χ3n) is 4.62. The molecule has 2 atom stereocenters. The van der Waals surface area contributed by atoms with Crippen molar-refractivity contribution in [3.63, 3.8) is 0 Å². The van der Waals surface area contributed by atoms with Gasteiger partial charge in [0.2, 0.25) is 0 Å². The van der Waals surface area contributed by atoms with Crippen molar-refractivity contribution < 1.29 is 24.2 Å². The van der Waals surface area contributed by atoms with Gasteiger partial charge in [-0.15, -0.1) is 0 Å². The van der Waals surface area contributed by atoms with E-state index >= 15 is 0 Å². The van der Waals surface area contributed by atoms with Crippen LogP contribution in [0.2, 0.25) is 0 Å². The zero-order chi connectivity index (χ0) is 18.5. The van der Waals surface area contributed by atoms with E-state index in [0.29, 0.717) is 12.3 Å². The number of ether oxygens (including phenoxy) is 2. The Morgan fingerprint density at radius 3 is 2.58 bits per heavy atom. The monoisotopic (exact) mass is 355 g/mol. The van der Waals surface area contributed by atoms with Crippen LogP contribution in [0.15, 0.2) is 54.6 Å². The zero-order valence-corrected chi connectivity index (χ0v) is 14.5. The summed E-state index contributed by atoms with van der Waals surface area (Å²) >= 11 is 0. The van der Waals surface area contributed by atoms with Gasteiger partial charge in [0.15, 0.2) is 0 Å². The van der Waals surface area contributed by atoms with Crippen molar-refractivity contribution in [2.75, 3.05) is 20.2 Å². The lowest BCUT2D eigenvalue weighted by Gasteiger charge is -2.17. The third-order valence-corrected chi connectivity index (χ3v) is 4.62.